The molecule has 2 aromatic carbocycles. The van der Waals surface area contributed by atoms with E-state index in [1.54, 1.807) is 31.2 Å². The molecule has 28 heavy (non-hydrogen) atoms. The molecule has 0 atom stereocenters. The van der Waals surface area contributed by atoms with E-state index in [9.17, 15) is 14.0 Å². The second-order valence-corrected chi connectivity index (χ2v) is 6.71. The molecule has 3 aromatic rings. The third kappa shape index (κ3) is 3.97. The molecule has 0 saturated carbocycles. The van der Waals surface area contributed by atoms with Gasteiger partial charge in [-0.1, -0.05) is 36.7 Å². The SMILES string of the molecule is CCCC(=O)Nc1c(-c2ccccc2Cl)c(=O)c(C)nn1-c1ccc(F)cc1. The maximum atomic E-state index is 13.4. The largest absolute Gasteiger partial charge is 0.310 e. The van der Waals surface area contributed by atoms with E-state index in [1.165, 1.54) is 28.9 Å². The van der Waals surface area contributed by atoms with Crippen LogP contribution in [-0.2, 0) is 4.79 Å². The third-order valence-corrected chi connectivity index (χ3v) is 4.53. The van der Waals surface area contributed by atoms with Gasteiger partial charge in [-0.15, -0.1) is 0 Å². The number of nitrogens with one attached hydrogen (secondary N) is 1. The summed E-state index contributed by atoms with van der Waals surface area (Å²) in [4.78, 5) is 25.3. The number of benzene rings is 2. The molecule has 0 saturated heterocycles. The lowest BCUT2D eigenvalue weighted by atomic mass is 10.0. The van der Waals surface area contributed by atoms with Crippen LogP contribution in [0, 0.1) is 12.7 Å². The summed E-state index contributed by atoms with van der Waals surface area (Å²) in [6, 6.07) is 12.5. The molecule has 0 radical (unpaired) electrons. The molecule has 3 rings (SSSR count). The van der Waals surface area contributed by atoms with Crippen molar-refractivity contribution in [2.75, 3.05) is 5.32 Å². The first kappa shape index (κ1) is 19.8. The first-order valence-electron chi connectivity index (χ1n) is 8.87. The first-order chi connectivity index (χ1) is 13.4. The van der Waals surface area contributed by atoms with Gasteiger partial charge < -0.3 is 5.32 Å². The normalized spacial score (nSPS) is 10.7. The second-order valence-electron chi connectivity index (χ2n) is 6.30. The maximum Gasteiger partial charge on any atom is 0.225 e. The predicted octanol–water partition coefficient (Wildman–Crippen LogP) is 4.74. The fraction of sp³-hybridized carbons (Fsp3) is 0.190. The summed E-state index contributed by atoms with van der Waals surface area (Å²) >= 11 is 6.34. The van der Waals surface area contributed by atoms with Crippen molar-refractivity contribution in [3.8, 4) is 16.8 Å². The molecule has 7 heteroatoms. The van der Waals surface area contributed by atoms with Gasteiger partial charge in [-0.3, -0.25) is 9.59 Å². The van der Waals surface area contributed by atoms with Gasteiger partial charge in [-0.25, -0.2) is 9.07 Å². The zero-order valence-corrected chi connectivity index (χ0v) is 16.3. The molecule has 5 nitrogen and oxygen atoms in total. The average molecular weight is 400 g/mol. The highest BCUT2D eigenvalue weighted by molar-refractivity contribution is 6.33. The number of aromatic nitrogens is 2. The minimum atomic E-state index is -0.399. The molecule has 0 aliphatic rings. The van der Waals surface area contributed by atoms with Crippen LogP contribution in [-0.4, -0.2) is 15.7 Å². The Morgan fingerprint density at radius 3 is 2.50 bits per heavy atom. The number of hydrogen-bond donors (Lipinski definition) is 1. The number of rotatable bonds is 5. The van der Waals surface area contributed by atoms with Gasteiger partial charge in [0, 0.05) is 17.0 Å². The average Bonchev–Trinajstić information content (AvgIpc) is 2.67. The Balaban J connectivity index is 2.33. The predicted molar refractivity (Wildman–Crippen MR) is 109 cm³/mol. The van der Waals surface area contributed by atoms with Gasteiger partial charge in [-0.2, -0.15) is 5.10 Å². The summed E-state index contributed by atoms with van der Waals surface area (Å²) < 4.78 is 14.8. The fourth-order valence-electron chi connectivity index (χ4n) is 2.86. The molecule has 1 N–H and O–H groups in total. The molecule has 1 heterocycles. The van der Waals surface area contributed by atoms with Crippen LogP contribution in [0.3, 0.4) is 0 Å². The van der Waals surface area contributed by atoms with Crippen molar-refractivity contribution in [2.24, 2.45) is 0 Å². The van der Waals surface area contributed by atoms with Crippen molar-refractivity contribution in [3.05, 3.63) is 75.3 Å². The van der Waals surface area contributed by atoms with Crippen LogP contribution >= 0.6 is 11.6 Å². The van der Waals surface area contributed by atoms with E-state index in [1.807, 2.05) is 6.92 Å². The van der Waals surface area contributed by atoms with Crippen molar-refractivity contribution in [1.82, 2.24) is 9.78 Å². The van der Waals surface area contributed by atoms with Gasteiger partial charge in [0.2, 0.25) is 11.3 Å². The Morgan fingerprint density at radius 1 is 1.18 bits per heavy atom. The number of aryl methyl sites for hydroxylation is 1. The van der Waals surface area contributed by atoms with Crippen LogP contribution < -0.4 is 10.7 Å². The Labute approximate surface area is 166 Å². The molecular formula is C21H19ClFN3O2. The van der Waals surface area contributed by atoms with Crippen molar-refractivity contribution in [3.63, 3.8) is 0 Å². The zero-order valence-electron chi connectivity index (χ0n) is 15.5. The molecule has 0 unspecified atom stereocenters. The van der Waals surface area contributed by atoms with Crippen LogP contribution in [0.1, 0.15) is 25.5 Å². The number of carbonyl (C=O) groups excluding carboxylic acids is 1. The molecule has 0 aliphatic heterocycles. The van der Waals surface area contributed by atoms with Crippen LogP contribution in [0.2, 0.25) is 5.02 Å². The van der Waals surface area contributed by atoms with Gasteiger partial charge in [0.05, 0.1) is 11.3 Å². The summed E-state index contributed by atoms with van der Waals surface area (Å²) in [7, 11) is 0. The molecule has 144 valence electrons. The molecule has 0 bridgehead atoms. The number of amides is 1. The van der Waals surface area contributed by atoms with Crippen LogP contribution in [0.5, 0.6) is 0 Å². The Kier molecular flexibility index (Phi) is 5.90. The minimum absolute atomic E-state index is 0.203. The highest BCUT2D eigenvalue weighted by Crippen LogP contribution is 2.32. The minimum Gasteiger partial charge on any atom is -0.310 e. The molecular weight excluding hydrogens is 381 g/mol. The van der Waals surface area contributed by atoms with Gasteiger partial charge >= 0.3 is 0 Å². The van der Waals surface area contributed by atoms with Gasteiger partial charge in [-0.05, 0) is 43.7 Å². The Hall–Kier alpha value is -2.99. The lowest BCUT2D eigenvalue weighted by molar-refractivity contribution is -0.116. The maximum absolute atomic E-state index is 13.4. The molecule has 0 fully saturated rings. The van der Waals surface area contributed by atoms with E-state index < -0.39 is 5.82 Å². The first-order valence-corrected chi connectivity index (χ1v) is 9.24. The molecule has 1 aromatic heterocycles. The zero-order chi connectivity index (χ0) is 20.3. The molecule has 0 aliphatic carbocycles. The van der Waals surface area contributed by atoms with E-state index in [0.29, 0.717) is 22.7 Å². The monoisotopic (exact) mass is 399 g/mol. The Bertz CT molecular complexity index is 1080. The number of anilines is 1. The number of hydrogen-bond acceptors (Lipinski definition) is 3. The van der Waals surface area contributed by atoms with E-state index >= 15 is 0 Å². The number of carbonyl (C=O) groups is 1. The van der Waals surface area contributed by atoms with E-state index in [-0.39, 0.29) is 34.8 Å². The quantitative estimate of drug-likeness (QED) is 0.674. The standard InChI is InChI=1S/C21H19ClFN3O2/c1-3-6-18(27)24-21-19(16-7-4-5-8-17(16)22)20(28)13(2)25-26(21)15-11-9-14(23)10-12-15/h4-5,7-12H,3,6H2,1-2H3,(H,24,27). The van der Waals surface area contributed by atoms with E-state index in [0.717, 1.165) is 0 Å². The van der Waals surface area contributed by atoms with Crippen molar-refractivity contribution < 1.29 is 9.18 Å². The third-order valence-electron chi connectivity index (χ3n) is 4.20. The van der Waals surface area contributed by atoms with E-state index in [4.69, 9.17) is 11.6 Å². The van der Waals surface area contributed by atoms with Crippen LogP contribution in [0.15, 0.2) is 53.3 Å². The van der Waals surface area contributed by atoms with Crippen LogP contribution in [0.25, 0.3) is 16.8 Å². The lowest BCUT2D eigenvalue weighted by Crippen LogP contribution is -2.24. The lowest BCUT2D eigenvalue weighted by Gasteiger charge is -2.18. The van der Waals surface area contributed by atoms with Crippen molar-refractivity contribution in [2.45, 2.75) is 26.7 Å². The highest BCUT2D eigenvalue weighted by atomic mass is 35.5. The molecule has 1 amide bonds. The summed E-state index contributed by atoms with van der Waals surface area (Å²) in [5, 5.41) is 7.50. The van der Waals surface area contributed by atoms with Crippen LogP contribution in [0.4, 0.5) is 10.2 Å². The van der Waals surface area contributed by atoms with Crippen molar-refractivity contribution in [1.29, 1.82) is 0 Å². The van der Waals surface area contributed by atoms with Gasteiger partial charge in [0.15, 0.2) is 0 Å². The summed E-state index contributed by atoms with van der Waals surface area (Å²) in [6.45, 7) is 3.47. The topological polar surface area (TPSA) is 64.0 Å². The summed E-state index contributed by atoms with van der Waals surface area (Å²) in [5.74, 6) is -0.449. The van der Waals surface area contributed by atoms with E-state index in [2.05, 4.69) is 10.4 Å². The van der Waals surface area contributed by atoms with Gasteiger partial charge in [0.25, 0.3) is 0 Å². The summed E-state index contributed by atoms with van der Waals surface area (Å²) in [5.41, 5.74) is 1.13. The highest BCUT2D eigenvalue weighted by Gasteiger charge is 2.21. The second kappa shape index (κ2) is 8.35. The number of nitrogens with zero attached hydrogens (tertiary/aromatic N) is 2. The molecule has 0 spiro atoms. The number of halogens is 2. The Morgan fingerprint density at radius 2 is 1.86 bits per heavy atom. The van der Waals surface area contributed by atoms with Crippen molar-refractivity contribution >= 4 is 23.3 Å². The fourth-order valence-corrected chi connectivity index (χ4v) is 3.09. The van der Waals surface area contributed by atoms with Gasteiger partial charge in [0.1, 0.15) is 17.3 Å². The smallest absolute Gasteiger partial charge is 0.225 e. The summed E-state index contributed by atoms with van der Waals surface area (Å²) in [6.07, 6.45) is 0.931.